The van der Waals surface area contributed by atoms with Crippen LogP contribution < -0.4 is 0 Å². The first-order valence-electron chi connectivity index (χ1n) is 11.1. The highest BCUT2D eigenvalue weighted by Crippen LogP contribution is 2.38. The fourth-order valence-corrected chi connectivity index (χ4v) is 4.53. The van der Waals surface area contributed by atoms with Crippen LogP contribution in [0.4, 0.5) is 0 Å². The number of benzene rings is 2. The number of aliphatic hydroxyl groups is 1. The second-order valence-electron chi connectivity index (χ2n) is 9.16. The van der Waals surface area contributed by atoms with Crippen molar-refractivity contribution in [2.75, 3.05) is 13.1 Å². The van der Waals surface area contributed by atoms with E-state index in [1.54, 1.807) is 11.1 Å². The van der Waals surface area contributed by atoms with Gasteiger partial charge in [-0.25, -0.2) is 0 Å². The van der Waals surface area contributed by atoms with Crippen molar-refractivity contribution in [3.05, 3.63) is 66.5 Å². The maximum atomic E-state index is 13.2. The van der Waals surface area contributed by atoms with Crippen LogP contribution in [-0.4, -0.2) is 62.5 Å². The third kappa shape index (κ3) is 3.65. The van der Waals surface area contributed by atoms with Gasteiger partial charge in [-0.15, -0.1) is 0 Å². The predicted molar refractivity (Wildman–Crippen MR) is 123 cm³/mol. The summed E-state index contributed by atoms with van der Waals surface area (Å²) in [6.45, 7) is 4.80. The van der Waals surface area contributed by atoms with Crippen LogP contribution in [0.25, 0.3) is 21.9 Å². The van der Waals surface area contributed by atoms with E-state index in [1.165, 1.54) is 0 Å². The highest BCUT2D eigenvalue weighted by molar-refractivity contribution is 5.96. The molecule has 5 rings (SSSR count). The number of pyridine rings is 1. The Morgan fingerprint density at radius 3 is 2.28 bits per heavy atom. The summed E-state index contributed by atoms with van der Waals surface area (Å²) in [6.07, 6.45) is 4.70. The average molecular weight is 430 g/mol. The van der Waals surface area contributed by atoms with Gasteiger partial charge in [-0.1, -0.05) is 24.3 Å². The van der Waals surface area contributed by atoms with Crippen LogP contribution in [0.1, 0.15) is 37.0 Å². The van der Waals surface area contributed by atoms with Crippen molar-refractivity contribution < 1.29 is 14.7 Å². The lowest BCUT2D eigenvalue weighted by Crippen LogP contribution is -2.61. The molecular weight excluding hydrogens is 402 g/mol. The maximum absolute atomic E-state index is 13.2. The van der Waals surface area contributed by atoms with Gasteiger partial charge >= 0.3 is 0 Å². The zero-order valence-electron chi connectivity index (χ0n) is 18.4. The molecule has 1 N–H and O–H groups in total. The van der Waals surface area contributed by atoms with Crippen molar-refractivity contribution in [1.82, 2.24) is 14.8 Å². The van der Waals surface area contributed by atoms with E-state index in [4.69, 9.17) is 0 Å². The average Bonchev–Trinajstić information content (AvgIpc) is 3.57. The van der Waals surface area contributed by atoms with Crippen molar-refractivity contribution in [1.29, 1.82) is 0 Å². The molecule has 6 nitrogen and oxygen atoms in total. The molecule has 2 heterocycles. The molecule has 2 aliphatic rings. The number of carbonyl (C=O) groups excluding carboxylic acids is 2. The summed E-state index contributed by atoms with van der Waals surface area (Å²) in [6, 6.07) is 15.7. The predicted octanol–water partition coefficient (Wildman–Crippen LogP) is 3.49. The largest absolute Gasteiger partial charge is 0.380 e. The maximum Gasteiger partial charge on any atom is 0.254 e. The molecule has 2 fully saturated rings. The Labute approximate surface area is 187 Å². The molecule has 164 valence electrons. The van der Waals surface area contributed by atoms with Crippen LogP contribution in [0.15, 0.2) is 60.9 Å². The van der Waals surface area contributed by atoms with E-state index in [2.05, 4.69) is 23.2 Å². The van der Waals surface area contributed by atoms with E-state index in [0.717, 1.165) is 21.9 Å². The fraction of sp³-hybridized carbons (Fsp3) is 0.346. The summed E-state index contributed by atoms with van der Waals surface area (Å²) in [5.74, 6) is -0.225. The number of carbonyl (C=O) groups is 2. The first-order valence-corrected chi connectivity index (χ1v) is 11.1. The number of hydrogen-bond donors (Lipinski definition) is 1. The van der Waals surface area contributed by atoms with Crippen LogP contribution in [0.3, 0.4) is 0 Å². The number of piperazine rings is 1. The molecule has 1 aliphatic heterocycles. The Balaban J connectivity index is 1.31. The first-order chi connectivity index (χ1) is 15.4. The Morgan fingerprint density at radius 1 is 0.906 bits per heavy atom. The molecule has 2 aromatic carbocycles. The van der Waals surface area contributed by atoms with Gasteiger partial charge in [0.25, 0.3) is 11.8 Å². The van der Waals surface area contributed by atoms with Gasteiger partial charge in [-0.3, -0.25) is 14.6 Å². The monoisotopic (exact) mass is 429 g/mol. The molecule has 1 saturated heterocycles. The van der Waals surface area contributed by atoms with Gasteiger partial charge in [0.2, 0.25) is 0 Å². The van der Waals surface area contributed by atoms with E-state index >= 15 is 0 Å². The molecule has 1 saturated carbocycles. The minimum atomic E-state index is -1.17. The molecule has 0 radical (unpaired) electrons. The van der Waals surface area contributed by atoms with Gasteiger partial charge in [-0.2, -0.15) is 0 Å². The Kier molecular flexibility index (Phi) is 4.97. The van der Waals surface area contributed by atoms with E-state index in [0.29, 0.717) is 31.5 Å². The molecule has 2 amide bonds. The smallest absolute Gasteiger partial charge is 0.254 e. The molecule has 0 spiro atoms. The van der Waals surface area contributed by atoms with Gasteiger partial charge < -0.3 is 14.9 Å². The summed E-state index contributed by atoms with van der Waals surface area (Å²) in [5, 5.41) is 12.4. The summed E-state index contributed by atoms with van der Waals surface area (Å²) >= 11 is 0. The minimum absolute atomic E-state index is 0.0299. The van der Waals surface area contributed by atoms with Gasteiger partial charge in [0.15, 0.2) is 0 Å². The number of aromatic nitrogens is 1. The summed E-state index contributed by atoms with van der Waals surface area (Å²) in [4.78, 5) is 33.6. The topological polar surface area (TPSA) is 73.7 Å². The summed E-state index contributed by atoms with van der Waals surface area (Å²) in [5.41, 5.74) is 1.61. The van der Waals surface area contributed by atoms with Crippen molar-refractivity contribution in [3.63, 3.8) is 0 Å². The highest BCUT2D eigenvalue weighted by atomic mass is 16.3. The summed E-state index contributed by atoms with van der Waals surface area (Å²) < 4.78 is 0. The van der Waals surface area contributed by atoms with Crippen molar-refractivity contribution >= 4 is 22.6 Å². The van der Waals surface area contributed by atoms with Crippen molar-refractivity contribution in [2.45, 2.75) is 44.4 Å². The summed E-state index contributed by atoms with van der Waals surface area (Å²) in [7, 11) is 0. The number of amides is 2. The lowest BCUT2D eigenvalue weighted by molar-refractivity contribution is -0.147. The first kappa shape index (κ1) is 20.6. The third-order valence-electron chi connectivity index (χ3n) is 6.74. The van der Waals surface area contributed by atoms with Gasteiger partial charge in [0.05, 0.1) is 0 Å². The second kappa shape index (κ2) is 7.71. The molecule has 6 heteroatoms. The van der Waals surface area contributed by atoms with E-state index in [1.807, 2.05) is 55.3 Å². The minimum Gasteiger partial charge on any atom is -0.380 e. The van der Waals surface area contributed by atoms with Crippen LogP contribution >= 0.6 is 0 Å². The van der Waals surface area contributed by atoms with Gasteiger partial charge in [-0.05, 0) is 67.5 Å². The molecule has 1 aliphatic carbocycles. The molecular formula is C26H27N3O3. The van der Waals surface area contributed by atoms with E-state index in [-0.39, 0.29) is 23.9 Å². The quantitative estimate of drug-likeness (QED) is 0.692. The zero-order chi connectivity index (χ0) is 22.5. The van der Waals surface area contributed by atoms with Crippen molar-refractivity contribution in [3.8, 4) is 11.1 Å². The van der Waals surface area contributed by atoms with Gasteiger partial charge in [0.1, 0.15) is 5.60 Å². The Hall–Kier alpha value is -3.25. The van der Waals surface area contributed by atoms with Crippen LogP contribution in [0, 0.1) is 0 Å². The highest BCUT2D eigenvalue weighted by Gasteiger charge is 2.52. The molecule has 3 aromatic rings. The van der Waals surface area contributed by atoms with E-state index < -0.39 is 5.60 Å². The Morgan fingerprint density at radius 2 is 1.56 bits per heavy atom. The molecule has 0 bridgehead atoms. The SMILES string of the molecule is C[C@@H]1CN(C(=O)C2(O)CC2)[C@@H](C)CN1C(=O)c1ccc(-c2ccc3cnccc3c2)cc1. The zero-order valence-corrected chi connectivity index (χ0v) is 18.4. The molecule has 0 unspecified atom stereocenters. The standard InChI is InChI=1S/C26H27N3O3/c1-17-16-29(25(31)26(32)10-11-26)18(2)15-28(17)24(30)20-5-3-19(4-6-20)21-7-8-23-14-27-12-9-22(23)13-21/h3-9,12-14,17-18,32H,10-11,15-16H2,1-2H3/t17-,18+/m1/s1. The van der Waals surface area contributed by atoms with Crippen LogP contribution in [0.2, 0.25) is 0 Å². The van der Waals surface area contributed by atoms with E-state index in [9.17, 15) is 14.7 Å². The number of rotatable bonds is 3. The van der Waals surface area contributed by atoms with Crippen LogP contribution in [-0.2, 0) is 4.79 Å². The lowest BCUT2D eigenvalue weighted by Gasteiger charge is -2.44. The molecule has 2 atom stereocenters. The number of nitrogens with zero attached hydrogens (tertiary/aromatic N) is 3. The fourth-order valence-electron chi connectivity index (χ4n) is 4.53. The third-order valence-corrected chi connectivity index (χ3v) is 6.74. The normalized spacial score (nSPS) is 22.1. The number of hydrogen-bond acceptors (Lipinski definition) is 4. The molecule has 1 aromatic heterocycles. The second-order valence-corrected chi connectivity index (χ2v) is 9.16. The van der Waals surface area contributed by atoms with Crippen molar-refractivity contribution in [2.24, 2.45) is 0 Å². The number of fused-ring (bicyclic) bond motifs is 1. The van der Waals surface area contributed by atoms with Crippen LogP contribution in [0.5, 0.6) is 0 Å². The lowest BCUT2D eigenvalue weighted by atomic mass is 10.00. The molecule has 32 heavy (non-hydrogen) atoms. The van der Waals surface area contributed by atoms with Gasteiger partial charge in [0, 0.05) is 48.5 Å². The Bertz CT molecular complexity index is 1190.